The number of ketones is 1. The number of rotatable bonds is 15. The number of nitrogens with one attached hydrogen (secondary N) is 1. The monoisotopic (exact) mass is 1480 g/mol. The minimum Gasteiger partial charge on any atom is -0.481 e. The number of hydrogen-bond acceptors (Lipinski definition) is 14. The number of hydrogen-bond donors (Lipinski definition) is 5. The molecule has 3 aliphatic heterocycles. The fourth-order valence-electron chi connectivity index (χ4n) is 16.5. The number of nitrogens with zero attached hydrogens (tertiary/aromatic N) is 4. The number of aliphatic hydroxyl groups is 3. The van der Waals surface area contributed by atoms with Crippen LogP contribution in [0.2, 0.25) is 0 Å². The van der Waals surface area contributed by atoms with E-state index in [0.29, 0.717) is 55.2 Å². The molecule has 0 radical (unpaired) electrons. The maximum Gasteiger partial charge on any atom is 0.434 e. The van der Waals surface area contributed by atoms with Gasteiger partial charge in [0.1, 0.15) is 61.9 Å². The van der Waals surface area contributed by atoms with Gasteiger partial charge in [0.15, 0.2) is 0 Å². The van der Waals surface area contributed by atoms with Crippen LogP contribution in [-0.2, 0) is 75.5 Å². The van der Waals surface area contributed by atoms with Crippen molar-refractivity contribution >= 4 is 41.8 Å². The Morgan fingerprint density at radius 2 is 0.784 bits per heavy atom. The first-order chi connectivity index (χ1) is 47.7. The van der Waals surface area contributed by atoms with E-state index in [1.54, 1.807) is 120 Å². The Hall–Kier alpha value is -7.41. The fourth-order valence-corrected chi connectivity index (χ4v) is 23.1. The van der Waals surface area contributed by atoms with Gasteiger partial charge < -0.3 is 24.8 Å². The van der Waals surface area contributed by atoms with Gasteiger partial charge in [0.2, 0.25) is 36.0 Å². The molecule has 4 heterocycles. The average molecular weight is 1480 g/mol. The Bertz CT molecular complexity index is 4550. The van der Waals surface area contributed by atoms with E-state index in [4.69, 9.17) is 4.42 Å². The summed E-state index contributed by atoms with van der Waals surface area (Å²) in [4.78, 5) is 35.7. The number of carbonyl (C=O) groups excluding carboxylic acids is 1. The van der Waals surface area contributed by atoms with Crippen molar-refractivity contribution in [2.75, 3.05) is 0 Å². The molecule has 13 rings (SSSR count). The van der Waals surface area contributed by atoms with Crippen LogP contribution in [0.15, 0.2) is 137 Å². The average Bonchev–Trinajstić information content (AvgIpc) is 1.02. The summed E-state index contributed by atoms with van der Waals surface area (Å²) in [7, 11) is -11.5. The first kappa shape index (κ1) is 75.7. The van der Waals surface area contributed by atoms with Gasteiger partial charge in [-0.25, -0.2) is 61.5 Å². The van der Waals surface area contributed by atoms with Gasteiger partial charge >= 0.3 is 11.7 Å². The van der Waals surface area contributed by atoms with Crippen molar-refractivity contribution in [3.05, 3.63) is 229 Å². The zero-order chi connectivity index (χ0) is 74.2. The molecule has 7 aromatic rings. The summed E-state index contributed by atoms with van der Waals surface area (Å²) in [6.07, 6.45) is 2.59. The quantitative estimate of drug-likeness (QED) is 0.0597. The number of carboxylic acid groups (broad SMARTS) is 1. The van der Waals surface area contributed by atoms with Crippen LogP contribution in [0.25, 0.3) is 0 Å². The third kappa shape index (κ3) is 14.4. The van der Waals surface area contributed by atoms with E-state index in [1.807, 2.05) is 6.07 Å². The van der Waals surface area contributed by atoms with Gasteiger partial charge in [-0.15, -0.1) is 5.10 Å². The smallest absolute Gasteiger partial charge is 0.434 e. The number of aliphatic carboxylic acids is 1. The number of H-pyrrole nitrogens is 1. The van der Waals surface area contributed by atoms with Crippen LogP contribution in [0.1, 0.15) is 197 Å². The van der Waals surface area contributed by atoms with Crippen LogP contribution in [0.3, 0.4) is 0 Å². The first-order valence-electron chi connectivity index (χ1n) is 33.8. The first-order valence-corrected chi connectivity index (χ1v) is 38.3. The van der Waals surface area contributed by atoms with Crippen molar-refractivity contribution in [1.29, 1.82) is 0 Å². The molecule has 28 heteroatoms. The van der Waals surface area contributed by atoms with Crippen molar-refractivity contribution in [3.8, 4) is 0 Å². The number of halogens is 6. The molecule has 3 aliphatic carbocycles. The topological polar surface area (TPSA) is 286 Å². The van der Waals surface area contributed by atoms with Gasteiger partial charge in [0, 0.05) is 71.1 Å². The Morgan fingerprint density at radius 3 is 1.08 bits per heavy atom. The lowest BCUT2D eigenvalue weighted by Crippen LogP contribution is -2.57. The highest BCUT2D eigenvalue weighted by Gasteiger charge is 2.61. The van der Waals surface area contributed by atoms with Crippen molar-refractivity contribution in [1.82, 2.24) is 23.1 Å². The molecule has 5 N–H and O–H groups in total. The second-order valence-corrected chi connectivity index (χ2v) is 35.8. The van der Waals surface area contributed by atoms with E-state index in [0.717, 1.165) is 36.4 Å². The lowest BCUT2D eigenvalue weighted by atomic mass is 9.55. The van der Waals surface area contributed by atoms with Gasteiger partial charge in [-0.05, 0) is 179 Å². The summed E-state index contributed by atoms with van der Waals surface area (Å²) >= 11 is 0. The molecule has 548 valence electrons. The van der Waals surface area contributed by atoms with Crippen molar-refractivity contribution in [2.24, 2.45) is 0 Å². The van der Waals surface area contributed by atoms with E-state index in [1.165, 1.54) is 26.8 Å². The van der Waals surface area contributed by atoms with Crippen LogP contribution in [0.5, 0.6) is 0 Å². The summed E-state index contributed by atoms with van der Waals surface area (Å²) in [6.45, 7) is 10.2. The van der Waals surface area contributed by atoms with Crippen molar-refractivity contribution < 1.29 is 86.0 Å². The Balaban J connectivity index is 0.000000154. The third-order valence-electron chi connectivity index (χ3n) is 21.5. The number of carbonyl (C=O) groups is 2. The molecular weight excluding hydrogens is 1390 g/mol. The lowest BCUT2D eigenvalue weighted by molar-refractivity contribution is -0.162. The normalized spacial score (nSPS) is 31.1. The molecule has 6 atom stereocenters. The van der Waals surface area contributed by atoms with Crippen LogP contribution in [-0.4, -0.2) is 115 Å². The Labute approximate surface area is 588 Å². The number of sulfonamides is 3. The maximum absolute atomic E-state index is 15.5. The highest BCUT2D eigenvalue weighted by Crippen LogP contribution is 2.56. The molecule has 0 amide bonds. The highest BCUT2D eigenvalue weighted by atomic mass is 32.2. The molecule has 102 heavy (non-hydrogen) atoms. The number of benzene rings is 6. The number of carboxylic acids is 1. The Kier molecular flexibility index (Phi) is 20.7. The minimum atomic E-state index is -3.84. The summed E-state index contributed by atoms with van der Waals surface area (Å²) in [5, 5.41) is 43.9. The second kappa shape index (κ2) is 27.9. The van der Waals surface area contributed by atoms with Gasteiger partial charge in [0.25, 0.3) is 0 Å². The summed E-state index contributed by atoms with van der Waals surface area (Å²) in [5.41, 5.74) is -6.75. The van der Waals surface area contributed by atoms with E-state index >= 15 is 26.3 Å². The molecule has 3 saturated heterocycles. The maximum atomic E-state index is 15.5. The van der Waals surface area contributed by atoms with E-state index in [2.05, 4.69) is 10.2 Å². The lowest BCUT2D eigenvalue weighted by Gasteiger charge is -2.50. The fraction of sp³-hybridized carbons (Fsp3) is 0.459. The summed E-state index contributed by atoms with van der Waals surface area (Å²) < 4.78 is 181. The molecule has 6 aliphatic rings. The minimum absolute atomic E-state index is 0.0152. The molecule has 1 aromatic heterocycles. The predicted molar refractivity (Wildman–Crippen MR) is 365 cm³/mol. The van der Waals surface area contributed by atoms with E-state index in [9.17, 15) is 60.1 Å². The van der Waals surface area contributed by atoms with Crippen molar-refractivity contribution in [3.63, 3.8) is 0 Å². The zero-order valence-electron chi connectivity index (χ0n) is 57.3. The van der Waals surface area contributed by atoms with E-state index < -0.39 is 132 Å². The SMILES string of the molecule is CC(=O)C1(c2cc(F)c(CN3[C@@H](C)CC[C@H](c4ccccc4)S3(=O)=O)cc2F)CC(C)(O)C1.C[C@H]1CC[C@H](c2ccccc2)S(=O)(=O)N1Cc1cc(F)c(C2(C(=O)O)CC(C)(O)C2)cc1F.C[C@H]1CC[C@H](c2ccccc2)S(=O)(=O)N1Cc1cc(F)c(C2(c3n[nH]c(=O)o3)CC(C)(O)C2)cc1F. The molecule has 6 fully saturated rings. The largest absolute Gasteiger partial charge is 0.481 e. The zero-order valence-corrected chi connectivity index (χ0v) is 59.8. The number of Topliss-reactive ketones (excluding diaryl/α,β-unsaturated/α-hetero) is 1. The van der Waals surface area contributed by atoms with Gasteiger partial charge in [-0.2, -0.15) is 12.9 Å². The number of aromatic nitrogens is 2. The van der Waals surface area contributed by atoms with Gasteiger partial charge in [-0.3, -0.25) is 9.59 Å². The number of aromatic amines is 1. The summed E-state index contributed by atoms with van der Waals surface area (Å²) in [5.74, 6) is -7.56. The van der Waals surface area contributed by atoms with Crippen LogP contribution < -0.4 is 5.76 Å². The van der Waals surface area contributed by atoms with Gasteiger partial charge in [-0.1, -0.05) is 91.0 Å². The predicted octanol–water partition coefficient (Wildman–Crippen LogP) is 11.8. The van der Waals surface area contributed by atoms with Crippen LogP contribution in [0.4, 0.5) is 26.3 Å². The highest BCUT2D eigenvalue weighted by molar-refractivity contribution is 7.90. The second-order valence-electron chi connectivity index (χ2n) is 29.6. The van der Waals surface area contributed by atoms with Gasteiger partial charge in [0.05, 0.1) is 27.6 Å². The van der Waals surface area contributed by atoms with E-state index in [-0.39, 0.29) is 115 Å². The third-order valence-corrected chi connectivity index (χ3v) is 28.7. The molecule has 19 nitrogen and oxygen atoms in total. The molecule has 3 saturated carbocycles. The summed E-state index contributed by atoms with van der Waals surface area (Å²) in [6, 6.07) is 31.1. The molecule has 0 spiro atoms. The molecular formula is C74H83F6N5O14S3. The standard InChI is InChI=1S/C25H27F2N3O5S.C25H29F2NO4S.C24H27F2NO5S/c1-15-8-9-21(16-6-4-3-5-7-16)36(33,34)30(15)12-17-10-20(27)18(11-19(17)26)25(13-24(2,32)14-25)22-28-29-23(31)35-22;1-16-9-10-23(18-7-5-4-6-8-18)33(31,32)28(16)13-19-11-22(27)20(12-21(19)26)25(17(2)29)14-24(3,30)15-25;1-15-8-9-21(16-6-4-3-5-7-16)33(31,32)27(15)12-17-10-20(26)18(11-19(17)25)24(22(28)29)13-23(2,30)14-24/h3-7,10-11,15,21,32H,8-9,12-14H2,1-2H3,(H,29,31);4-8,11-12,16,23,30H,9-10,13-15H2,1-3H3;3-7,10-11,15,21,30H,8-9,12-14H2,1-2H3,(H,28,29)/t15-,21+,24?,25?;16-,23+,24?,25?;15-,21+,23?,24?/m000/s1. The Morgan fingerprint density at radius 1 is 0.480 bits per heavy atom. The van der Waals surface area contributed by atoms with Crippen LogP contribution in [0, 0.1) is 34.9 Å². The molecule has 0 unspecified atom stereocenters. The van der Waals surface area contributed by atoms with Crippen LogP contribution >= 0.6 is 0 Å². The molecule has 6 aromatic carbocycles. The van der Waals surface area contributed by atoms with Crippen molar-refractivity contribution in [2.45, 2.75) is 212 Å². The molecule has 0 bridgehead atoms.